The number of aromatic nitrogens is 3. The van der Waals surface area contributed by atoms with E-state index in [1.54, 1.807) is 31.2 Å². The first-order valence-corrected chi connectivity index (χ1v) is 9.41. The summed E-state index contributed by atoms with van der Waals surface area (Å²) >= 11 is 5.92. The molecule has 0 bridgehead atoms. The Morgan fingerprint density at radius 1 is 1.35 bits per heavy atom. The number of sulfone groups is 1. The predicted octanol–water partition coefficient (Wildman–Crippen LogP) is 1.79. The van der Waals surface area contributed by atoms with E-state index < -0.39 is 20.2 Å². The zero-order valence-corrected chi connectivity index (χ0v) is 14.3. The van der Waals surface area contributed by atoms with Gasteiger partial charge in [0.25, 0.3) is 0 Å². The number of rotatable bonds is 6. The summed E-state index contributed by atoms with van der Waals surface area (Å²) in [5.74, 6) is -0.0136. The minimum Gasteiger partial charge on any atom is -0.382 e. The van der Waals surface area contributed by atoms with Crippen LogP contribution in [0.5, 0.6) is 0 Å². The highest BCUT2D eigenvalue weighted by molar-refractivity contribution is 7.93. The lowest BCUT2D eigenvalue weighted by molar-refractivity contribution is 0.00221. The quantitative estimate of drug-likeness (QED) is 0.853. The summed E-state index contributed by atoms with van der Waals surface area (Å²) in [6, 6.07) is 6.64. The fourth-order valence-corrected chi connectivity index (χ4v) is 5.24. The molecule has 1 N–H and O–H groups in total. The summed E-state index contributed by atoms with van der Waals surface area (Å²) in [7, 11) is -3.45. The third-order valence-corrected chi connectivity index (χ3v) is 7.56. The average molecular weight is 356 g/mol. The molecule has 0 amide bonds. The van der Waals surface area contributed by atoms with Gasteiger partial charge in [0.15, 0.2) is 9.84 Å². The summed E-state index contributed by atoms with van der Waals surface area (Å²) in [6.45, 7) is 1.63. The van der Waals surface area contributed by atoms with Crippen LogP contribution in [0.25, 0.3) is 0 Å². The monoisotopic (exact) mass is 355 g/mol. The highest BCUT2D eigenvalue weighted by Gasteiger charge is 2.67. The van der Waals surface area contributed by atoms with Gasteiger partial charge >= 0.3 is 0 Å². The minimum absolute atomic E-state index is 0.0136. The molecular weight excluding hydrogens is 338 g/mol. The lowest BCUT2D eigenvalue weighted by Crippen LogP contribution is -2.50. The van der Waals surface area contributed by atoms with Crippen molar-refractivity contribution in [1.29, 1.82) is 0 Å². The van der Waals surface area contributed by atoms with Crippen molar-refractivity contribution < 1.29 is 13.5 Å². The molecule has 1 heterocycles. The van der Waals surface area contributed by atoms with E-state index >= 15 is 0 Å². The van der Waals surface area contributed by atoms with E-state index in [0.29, 0.717) is 23.4 Å². The van der Waals surface area contributed by atoms with Gasteiger partial charge in [-0.25, -0.2) is 18.1 Å². The molecule has 3 rings (SSSR count). The largest absolute Gasteiger partial charge is 0.382 e. The molecule has 1 atom stereocenters. The fourth-order valence-electron chi connectivity index (χ4n) is 3.14. The molecule has 6 nitrogen and oxygen atoms in total. The first kappa shape index (κ1) is 16.4. The number of hydrogen-bond acceptors (Lipinski definition) is 5. The summed E-state index contributed by atoms with van der Waals surface area (Å²) in [5, 5.41) is 16.0. The number of benzene rings is 1. The second-order valence-corrected chi connectivity index (χ2v) is 8.88. The van der Waals surface area contributed by atoms with E-state index in [1.165, 1.54) is 17.3 Å². The Balaban J connectivity index is 2.12. The molecule has 0 saturated heterocycles. The molecule has 8 heteroatoms. The number of hydrogen-bond donors (Lipinski definition) is 1. The van der Waals surface area contributed by atoms with Crippen molar-refractivity contribution in [3.8, 4) is 0 Å². The number of halogens is 1. The van der Waals surface area contributed by atoms with Gasteiger partial charge in [-0.05, 0) is 30.5 Å². The molecule has 0 radical (unpaired) electrons. The second kappa shape index (κ2) is 5.58. The van der Waals surface area contributed by atoms with Gasteiger partial charge in [0.2, 0.25) is 0 Å². The van der Waals surface area contributed by atoms with Gasteiger partial charge in [-0.2, -0.15) is 5.10 Å². The van der Waals surface area contributed by atoms with Gasteiger partial charge < -0.3 is 5.11 Å². The predicted molar refractivity (Wildman–Crippen MR) is 86.8 cm³/mol. The third kappa shape index (κ3) is 2.56. The Morgan fingerprint density at radius 3 is 2.48 bits per heavy atom. The molecular formula is C15H18ClN3O3S. The molecule has 1 unspecified atom stereocenters. The maximum absolute atomic E-state index is 12.7. The van der Waals surface area contributed by atoms with E-state index in [4.69, 9.17) is 11.6 Å². The van der Waals surface area contributed by atoms with Crippen molar-refractivity contribution in [2.75, 3.05) is 5.75 Å². The highest BCUT2D eigenvalue weighted by Crippen LogP contribution is 2.57. The van der Waals surface area contributed by atoms with Crippen molar-refractivity contribution in [2.24, 2.45) is 0 Å². The van der Waals surface area contributed by atoms with Gasteiger partial charge in [0.1, 0.15) is 23.0 Å². The van der Waals surface area contributed by atoms with Crippen LogP contribution in [-0.2, 0) is 22.0 Å². The van der Waals surface area contributed by atoms with E-state index in [2.05, 4.69) is 10.1 Å². The SMILES string of the molecule is CCS(=O)(=O)C1(C(O)(Cn2cncn2)c2ccc(Cl)cc2)CC1. The summed E-state index contributed by atoms with van der Waals surface area (Å²) in [5.41, 5.74) is -1.06. The molecule has 2 aromatic rings. The normalized spacial score (nSPS) is 19.3. The van der Waals surface area contributed by atoms with Crippen LogP contribution >= 0.6 is 11.6 Å². The zero-order valence-electron chi connectivity index (χ0n) is 12.7. The van der Waals surface area contributed by atoms with Crippen LogP contribution in [0.2, 0.25) is 5.02 Å². The molecule has 0 aliphatic heterocycles. The van der Waals surface area contributed by atoms with E-state index in [-0.39, 0.29) is 12.3 Å². The summed E-state index contributed by atoms with van der Waals surface area (Å²) in [6.07, 6.45) is 3.68. The van der Waals surface area contributed by atoms with Crippen LogP contribution in [0, 0.1) is 0 Å². The van der Waals surface area contributed by atoms with Gasteiger partial charge in [-0.1, -0.05) is 30.7 Å². The van der Waals surface area contributed by atoms with Crippen molar-refractivity contribution in [2.45, 2.75) is 36.7 Å². The van der Waals surface area contributed by atoms with Crippen LogP contribution in [0.4, 0.5) is 0 Å². The van der Waals surface area contributed by atoms with Gasteiger partial charge in [-0.15, -0.1) is 0 Å². The Labute approximate surface area is 140 Å². The second-order valence-electron chi connectivity index (χ2n) is 5.86. The standard InChI is InChI=1S/C15H18ClN3O3S/c1-2-23(21,22)14(7-8-14)15(20,9-19-11-17-10-18-19)12-3-5-13(16)6-4-12/h3-6,10-11,20H,2,7-9H2,1H3. The van der Waals surface area contributed by atoms with E-state index in [1.807, 2.05) is 0 Å². The van der Waals surface area contributed by atoms with Crippen molar-refractivity contribution >= 4 is 21.4 Å². The van der Waals surface area contributed by atoms with Crippen molar-refractivity contribution in [3.63, 3.8) is 0 Å². The smallest absolute Gasteiger partial charge is 0.158 e. The molecule has 1 aromatic carbocycles. The molecule has 1 fully saturated rings. The lowest BCUT2D eigenvalue weighted by atomic mass is 9.88. The van der Waals surface area contributed by atoms with Crippen LogP contribution in [0.15, 0.2) is 36.9 Å². The summed E-state index contributed by atoms with van der Waals surface area (Å²) in [4.78, 5) is 3.87. The Hall–Kier alpha value is -1.44. The number of nitrogens with zero attached hydrogens (tertiary/aromatic N) is 3. The minimum atomic E-state index is -3.45. The molecule has 23 heavy (non-hydrogen) atoms. The first-order chi connectivity index (χ1) is 10.8. The molecule has 124 valence electrons. The maximum atomic E-state index is 12.7. The Morgan fingerprint density at radius 2 is 2.00 bits per heavy atom. The molecule has 0 spiro atoms. The molecule has 1 aliphatic rings. The topological polar surface area (TPSA) is 85.1 Å². The van der Waals surface area contributed by atoms with Gasteiger partial charge in [0, 0.05) is 10.8 Å². The first-order valence-electron chi connectivity index (χ1n) is 7.38. The number of aliphatic hydroxyl groups is 1. The van der Waals surface area contributed by atoms with Crippen LogP contribution in [-0.4, -0.2) is 38.8 Å². The fraction of sp³-hybridized carbons (Fsp3) is 0.467. The zero-order chi connectivity index (χ0) is 16.7. The average Bonchev–Trinajstić information content (AvgIpc) is 3.22. The molecule has 1 aromatic heterocycles. The van der Waals surface area contributed by atoms with E-state index in [9.17, 15) is 13.5 Å². The van der Waals surface area contributed by atoms with Crippen molar-refractivity contribution in [3.05, 3.63) is 47.5 Å². The van der Waals surface area contributed by atoms with Crippen LogP contribution in [0.1, 0.15) is 25.3 Å². The molecule has 1 saturated carbocycles. The molecule has 1 aliphatic carbocycles. The third-order valence-electron chi connectivity index (χ3n) is 4.61. The van der Waals surface area contributed by atoms with E-state index in [0.717, 1.165) is 0 Å². The van der Waals surface area contributed by atoms with Gasteiger partial charge in [0.05, 0.1) is 6.54 Å². The summed E-state index contributed by atoms with van der Waals surface area (Å²) < 4.78 is 25.6. The maximum Gasteiger partial charge on any atom is 0.158 e. The highest BCUT2D eigenvalue weighted by atomic mass is 35.5. The lowest BCUT2D eigenvalue weighted by Gasteiger charge is -2.36. The van der Waals surface area contributed by atoms with Gasteiger partial charge in [-0.3, -0.25) is 0 Å². The Kier molecular flexibility index (Phi) is 3.98. The van der Waals surface area contributed by atoms with Crippen LogP contribution < -0.4 is 0 Å². The van der Waals surface area contributed by atoms with Crippen molar-refractivity contribution in [1.82, 2.24) is 14.8 Å². The van der Waals surface area contributed by atoms with Crippen LogP contribution in [0.3, 0.4) is 0 Å². The Bertz CT molecular complexity index is 786.